The molecule has 0 aromatic carbocycles. The minimum Gasteiger partial charge on any atom is -0.480 e. The lowest BCUT2D eigenvalue weighted by Crippen LogP contribution is -2.56. The number of carbonyl (C=O) groups is 1. The Hall–Kier alpha value is -0.570. The highest BCUT2D eigenvalue weighted by Crippen LogP contribution is 2.34. The van der Waals surface area contributed by atoms with E-state index in [1.807, 2.05) is 13.8 Å². The van der Waals surface area contributed by atoms with Crippen LogP contribution in [-0.2, 0) is 4.79 Å². The molecule has 3 N–H and O–H groups in total. The zero-order chi connectivity index (χ0) is 15.6. The first-order valence-corrected chi connectivity index (χ1v) is 8.28. The van der Waals surface area contributed by atoms with Crippen LogP contribution in [0.1, 0.15) is 91.9 Å². The lowest BCUT2D eigenvalue weighted by atomic mass is 9.70. The normalized spacial score (nSPS) is 15.1. The number of unbranched alkanes of at least 4 members (excludes halogenated alkanes) is 8. The van der Waals surface area contributed by atoms with Crippen LogP contribution in [0.5, 0.6) is 0 Å². The molecule has 0 aromatic rings. The first-order chi connectivity index (χ1) is 9.25. The van der Waals surface area contributed by atoms with E-state index in [0.29, 0.717) is 0 Å². The third-order valence-corrected chi connectivity index (χ3v) is 4.76. The van der Waals surface area contributed by atoms with Gasteiger partial charge in [0.2, 0.25) is 0 Å². The zero-order valence-electron chi connectivity index (χ0n) is 14.0. The molecule has 0 amide bonds. The maximum Gasteiger partial charge on any atom is 0.323 e. The van der Waals surface area contributed by atoms with Gasteiger partial charge in [0.05, 0.1) is 0 Å². The van der Waals surface area contributed by atoms with Gasteiger partial charge in [0.15, 0.2) is 0 Å². The molecule has 0 heterocycles. The van der Waals surface area contributed by atoms with E-state index >= 15 is 0 Å². The van der Waals surface area contributed by atoms with Gasteiger partial charge in [-0.3, -0.25) is 4.79 Å². The standard InChI is InChI=1S/C17H35NO2/c1-5-6-7-8-9-10-11-12-13-14-16(2,3)17(4,18)15(19)20/h5-14,18H2,1-4H3,(H,19,20). The molecule has 120 valence electrons. The van der Waals surface area contributed by atoms with E-state index in [1.165, 1.54) is 51.4 Å². The Balaban J connectivity index is 3.71. The monoisotopic (exact) mass is 285 g/mol. The Morgan fingerprint density at radius 1 is 0.900 bits per heavy atom. The van der Waals surface area contributed by atoms with Crippen LogP contribution >= 0.6 is 0 Å². The Labute approximate surface area is 125 Å². The van der Waals surface area contributed by atoms with Gasteiger partial charge in [-0.1, -0.05) is 78.6 Å². The predicted octanol–water partition coefficient (Wildman–Crippen LogP) is 4.74. The second kappa shape index (κ2) is 9.38. The third-order valence-electron chi connectivity index (χ3n) is 4.76. The van der Waals surface area contributed by atoms with Crippen molar-refractivity contribution < 1.29 is 9.90 Å². The summed E-state index contributed by atoms with van der Waals surface area (Å²) in [7, 11) is 0. The van der Waals surface area contributed by atoms with Crippen LogP contribution in [0.15, 0.2) is 0 Å². The Morgan fingerprint density at radius 3 is 1.70 bits per heavy atom. The van der Waals surface area contributed by atoms with Crippen LogP contribution in [0.4, 0.5) is 0 Å². The summed E-state index contributed by atoms with van der Waals surface area (Å²) in [6.07, 6.45) is 12.4. The van der Waals surface area contributed by atoms with Crippen LogP contribution in [0, 0.1) is 5.41 Å². The second-order valence-electron chi connectivity index (χ2n) is 6.97. The van der Waals surface area contributed by atoms with Gasteiger partial charge in [-0.25, -0.2) is 0 Å². The van der Waals surface area contributed by atoms with Crippen molar-refractivity contribution >= 4 is 5.97 Å². The molecular weight excluding hydrogens is 250 g/mol. The number of carboxylic acid groups (broad SMARTS) is 1. The van der Waals surface area contributed by atoms with Crippen LogP contribution < -0.4 is 5.73 Å². The molecule has 1 unspecified atom stereocenters. The first-order valence-electron chi connectivity index (χ1n) is 8.28. The molecule has 0 aliphatic heterocycles. The van der Waals surface area contributed by atoms with Gasteiger partial charge < -0.3 is 10.8 Å². The van der Waals surface area contributed by atoms with E-state index in [2.05, 4.69) is 6.92 Å². The van der Waals surface area contributed by atoms with Crippen molar-refractivity contribution in [1.82, 2.24) is 0 Å². The molecule has 3 heteroatoms. The summed E-state index contributed by atoms with van der Waals surface area (Å²) in [6.45, 7) is 7.80. The molecule has 0 bridgehead atoms. The maximum absolute atomic E-state index is 11.2. The average molecular weight is 285 g/mol. The lowest BCUT2D eigenvalue weighted by molar-refractivity contribution is -0.147. The molecule has 20 heavy (non-hydrogen) atoms. The summed E-state index contributed by atoms with van der Waals surface area (Å²) in [4.78, 5) is 11.2. The van der Waals surface area contributed by atoms with Gasteiger partial charge in [-0.15, -0.1) is 0 Å². The zero-order valence-corrected chi connectivity index (χ0v) is 14.0. The van der Waals surface area contributed by atoms with E-state index in [-0.39, 0.29) is 5.41 Å². The number of hydrogen-bond donors (Lipinski definition) is 2. The van der Waals surface area contributed by atoms with Crippen molar-refractivity contribution in [2.75, 3.05) is 0 Å². The van der Waals surface area contributed by atoms with E-state index in [1.54, 1.807) is 6.92 Å². The number of nitrogens with two attached hydrogens (primary N) is 1. The summed E-state index contributed by atoms with van der Waals surface area (Å²) in [5.74, 6) is -0.904. The van der Waals surface area contributed by atoms with Gasteiger partial charge >= 0.3 is 5.97 Å². The topological polar surface area (TPSA) is 63.3 Å². The fraction of sp³-hybridized carbons (Fsp3) is 0.941. The molecule has 0 fully saturated rings. The summed E-state index contributed by atoms with van der Waals surface area (Å²) < 4.78 is 0. The fourth-order valence-corrected chi connectivity index (χ4v) is 2.43. The molecule has 0 aliphatic carbocycles. The number of aliphatic carboxylic acids is 1. The van der Waals surface area contributed by atoms with Crippen LogP contribution in [0.25, 0.3) is 0 Å². The van der Waals surface area contributed by atoms with Crippen molar-refractivity contribution in [3.05, 3.63) is 0 Å². The largest absolute Gasteiger partial charge is 0.480 e. The Bertz CT molecular complexity index is 272. The van der Waals surface area contributed by atoms with Crippen molar-refractivity contribution in [3.63, 3.8) is 0 Å². The van der Waals surface area contributed by atoms with E-state index in [0.717, 1.165) is 12.8 Å². The van der Waals surface area contributed by atoms with Gasteiger partial charge in [0.25, 0.3) is 0 Å². The van der Waals surface area contributed by atoms with Gasteiger partial charge in [0, 0.05) is 0 Å². The van der Waals surface area contributed by atoms with Gasteiger partial charge in [-0.05, 0) is 18.8 Å². The highest BCUT2D eigenvalue weighted by Gasteiger charge is 2.43. The SMILES string of the molecule is CCCCCCCCCCCC(C)(C)C(C)(N)C(=O)O. The molecule has 0 radical (unpaired) electrons. The smallest absolute Gasteiger partial charge is 0.323 e. The summed E-state index contributed by atoms with van der Waals surface area (Å²) in [5, 5.41) is 9.20. The maximum atomic E-state index is 11.2. The van der Waals surface area contributed by atoms with Gasteiger partial charge in [0.1, 0.15) is 5.54 Å². The quantitative estimate of drug-likeness (QED) is 0.509. The molecule has 0 aromatic heterocycles. The summed E-state index contributed by atoms with van der Waals surface area (Å²) in [5.41, 5.74) is 4.44. The fourth-order valence-electron chi connectivity index (χ4n) is 2.43. The van der Waals surface area contributed by atoms with Crippen molar-refractivity contribution in [3.8, 4) is 0 Å². The van der Waals surface area contributed by atoms with E-state index in [4.69, 9.17) is 5.73 Å². The number of hydrogen-bond acceptors (Lipinski definition) is 2. The van der Waals surface area contributed by atoms with Crippen molar-refractivity contribution in [2.45, 2.75) is 97.4 Å². The van der Waals surface area contributed by atoms with Crippen LogP contribution in [-0.4, -0.2) is 16.6 Å². The van der Waals surface area contributed by atoms with Gasteiger partial charge in [-0.2, -0.15) is 0 Å². The minimum atomic E-state index is -1.15. The minimum absolute atomic E-state index is 0.361. The Morgan fingerprint density at radius 2 is 1.30 bits per heavy atom. The molecule has 0 saturated carbocycles. The third kappa shape index (κ3) is 6.74. The predicted molar refractivity (Wildman–Crippen MR) is 85.9 cm³/mol. The van der Waals surface area contributed by atoms with Crippen molar-refractivity contribution in [2.24, 2.45) is 11.1 Å². The molecule has 0 saturated heterocycles. The molecule has 3 nitrogen and oxygen atoms in total. The molecular formula is C17H35NO2. The Kier molecular flexibility index (Phi) is 9.11. The average Bonchev–Trinajstić information content (AvgIpc) is 2.36. The summed E-state index contributed by atoms with van der Waals surface area (Å²) >= 11 is 0. The highest BCUT2D eigenvalue weighted by atomic mass is 16.4. The molecule has 0 spiro atoms. The number of carboxylic acids is 1. The first kappa shape index (κ1) is 19.4. The van der Waals surface area contributed by atoms with Crippen LogP contribution in [0.2, 0.25) is 0 Å². The second-order valence-corrected chi connectivity index (χ2v) is 6.97. The molecule has 0 aliphatic rings. The summed E-state index contributed by atoms with van der Waals surface area (Å²) in [6, 6.07) is 0. The molecule has 0 rings (SSSR count). The lowest BCUT2D eigenvalue weighted by Gasteiger charge is -2.38. The van der Waals surface area contributed by atoms with E-state index < -0.39 is 11.5 Å². The van der Waals surface area contributed by atoms with E-state index in [9.17, 15) is 9.90 Å². The number of rotatable bonds is 12. The van der Waals surface area contributed by atoms with Crippen molar-refractivity contribution in [1.29, 1.82) is 0 Å². The highest BCUT2D eigenvalue weighted by molar-refractivity contribution is 5.79. The van der Waals surface area contributed by atoms with Crippen LogP contribution in [0.3, 0.4) is 0 Å². The molecule has 1 atom stereocenters.